The highest BCUT2D eigenvalue weighted by Gasteiger charge is 2.50. The van der Waals surface area contributed by atoms with Gasteiger partial charge in [0.05, 0.1) is 12.0 Å². The third-order valence-electron chi connectivity index (χ3n) is 6.55. The molecule has 1 saturated heterocycles. The van der Waals surface area contributed by atoms with E-state index in [2.05, 4.69) is 6.92 Å². The van der Waals surface area contributed by atoms with Crippen LogP contribution < -0.4 is 0 Å². The van der Waals surface area contributed by atoms with Crippen molar-refractivity contribution in [1.82, 2.24) is 0 Å². The van der Waals surface area contributed by atoms with Crippen molar-refractivity contribution in [2.75, 3.05) is 0 Å². The first kappa shape index (κ1) is 23.0. The Hall–Kier alpha value is -3.21. The van der Waals surface area contributed by atoms with Gasteiger partial charge in [0, 0.05) is 24.7 Å². The van der Waals surface area contributed by atoms with E-state index in [1.165, 1.54) is 0 Å². The van der Waals surface area contributed by atoms with Crippen LogP contribution in [0.2, 0.25) is 0 Å². The van der Waals surface area contributed by atoms with E-state index in [1.54, 1.807) is 12.1 Å². The number of hydrogen-bond acceptors (Lipinski definition) is 5. The van der Waals surface area contributed by atoms with Gasteiger partial charge < -0.3 is 9.47 Å². The maximum absolute atomic E-state index is 13.0. The quantitative estimate of drug-likeness (QED) is 0.287. The molecule has 5 heteroatoms. The summed E-state index contributed by atoms with van der Waals surface area (Å²) in [6, 6.07) is 17.2. The minimum Gasteiger partial charge on any atom is -0.462 e. The number of fused-ring (bicyclic) bond motifs is 1. The molecule has 2 aliphatic rings. The molecule has 0 spiro atoms. The highest BCUT2D eigenvalue weighted by Crippen LogP contribution is 2.43. The van der Waals surface area contributed by atoms with Gasteiger partial charge in [0.25, 0.3) is 0 Å². The molecule has 0 N–H and O–H groups in total. The molecule has 33 heavy (non-hydrogen) atoms. The lowest BCUT2D eigenvalue weighted by Gasteiger charge is -2.20. The Labute approximate surface area is 194 Å². The van der Waals surface area contributed by atoms with Gasteiger partial charge in [-0.3, -0.25) is 9.59 Å². The highest BCUT2D eigenvalue weighted by atomic mass is 16.6. The number of ether oxygens (including phenoxy) is 2. The molecular formula is C28H30O5. The molecule has 0 aromatic heterocycles. The lowest BCUT2D eigenvalue weighted by molar-refractivity contribution is -0.141. The summed E-state index contributed by atoms with van der Waals surface area (Å²) in [7, 11) is 0. The van der Waals surface area contributed by atoms with Gasteiger partial charge in [-0.05, 0) is 35.8 Å². The SMILES string of the molecule is CCCCCC(=O)/C=C/[C@@H]1[C@H]2CC(=O)O[C@H]2C[C@H]1OC(=O)c1cccc(-c2ccccc2)c1. The van der Waals surface area contributed by atoms with E-state index < -0.39 is 12.1 Å². The third kappa shape index (κ3) is 5.59. The molecule has 4 rings (SSSR count). The van der Waals surface area contributed by atoms with Gasteiger partial charge in [-0.25, -0.2) is 4.79 Å². The van der Waals surface area contributed by atoms with E-state index in [4.69, 9.17) is 9.47 Å². The van der Waals surface area contributed by atoms with Gasteiger partial charge in [-0.1, -0.05) is 68.3 Å². The summed E-state index contributed by atoms with van der Waals surface area (Å²) >= 11 is 0. The van der Waals surface area contributed by atoms with Crippen molar-refractivity contribution < 1.29 is 23.9 Å². The molecule has 0 bridgehead atoms. The van der Waals surface area contributed by atoms with Crippen LogP contribution in [0.25, 0.3) is 11.1 Å². The number of allylic oxidation sites excluding steroid dienone is 1. The highest BCUT2D eigenvalue weighted by molar-refractivity contribution is 5.91. The number of ketones is 1. The maximum Gasteiger partial charge on any atom is 0.338 e. The van der Waals surface area contributed by atoms with Gasteiger partial charge >= 0.3 is 11.9 Å². The van der Waals surface area contributed by atoms with Crippen molar-refractivity contribution in [3.8, 4) is 11.1 Å². The zero-order valence-electron chi connectivity index (χ0n) is 18.9. The van der Waals surface area contributed by atoms with Crippen molar-refractivity contribution in [2.24, 2.45) is 11.8 Å². The molecule has 1 aliphatic heterocycles. The molecule has 172 valence electrons. The molecule has 5 nitrogen and oxygen atoms in total. The summed E-state index contributed by atoms with van der Waals surface area (Å²) in [5.74, 6) is -0.837. The monoisotopic (exact) mass is 446 g/mol. The van der Waals surface area contributed by atoms with Crippen LogP contribution >= 0.6 is 0 Å². The van der Waals surface area contributed by atoms with Crippen molar-refractivity contribution in [3.63, 3.8) is 0 Å². The first-order valence-corrected chi connectivity index (χ1v) is 11.8. The Morgan fingerprint density at radius 1 is 1.06 bits per heavy atom. The predicted molar refractivity (Wildman–Crippen MR) is 125 cm³/mol. The van der Waals surface area contributed by atoms with Crippen LogP contribution in [0, 0.1) is 11.8 Å². The summed E-state index contributed by atoms with van der Waals surface area (Å²) in [6.45, 7) is 2.10. The molecule has 0 radical (unpaired) electrons. The number of hydrogen-bond donors (Lipinski definition) is 0. The summed E-state index contributed by atoms with van der Waals surface area (Å²) < 4.78 is 11.4. The predicted octanol–water partition coefficient (Wildman–Crippen LogP) is 5.54. The lowest BCUT2D eigenvalue weighted by atomic mass is 9.91. The molecule has 1 aliphatic carbocycles. The Morgan fingerprint density at radius 2 is 1.85 bits per heavy atom. The Balaban J connectivity index is 1.47. The molecular weight excluding hydrogens is 416 g/mol. The van der Waals surface area contributed by atoms with E-state index in [9.17, 15) is 14.4 Å². The van der Waals surface area contributed by atoms with E-state index in [-0.39, 0.29) is 29.7 Å². The standard InChI is InChI=1S/C28H30O5/c1-2-3-5-13-22(29)14-15-23-24-17-27(30)32-26(24)18-25(23)33-28(31)21-12-8-11-20(16-21)19-9-6-4-7-10-19/h4,6-12,14-16,23-26H,2-3,5,13,17-18H2,1H3/b15-14+/t23-,24-,25-,26+/m1/s1. The Kier molecular flexibility index (Phi) is 7.38. The normalized spacial score (nSPS) is 24.0. The van der Waals surface area contributed by atoms with E-state index >= 15 is 0 Å². The fourth-order valence-electron chi connectivity index (χ4n) is 4.80. The first-order valence-electron chi connectivity index (χ1n) is 11.8. The number of unbranched alkanes of at least 4 members (excludes halogenated alkanes) is 2. The number of rotatable bonds is 9. The van der Waals surface area contributed by atoms with Gasteiger partial charge in [0.15, 0.2) is 5.78 Å². The van der Waals surface area contributed by atoms with Gasteiger partial charge in [0.2, 0.25) is 0 Å². The molecule has 1 saturated carbocycles. The molecule has 1 heterocycles. The van der Waals surface area contributed by atoms with E-state index in [1.807, 2.05) is 54.6 Å². The van der Waals surface area contributed by atoms with Crippen molar-refractivity contribution in [2.45, 2.75) is 57.7 Å². The zero-order valence-corrected chi connectivity index (χ0v) is 18.9. The minimum atomic E-state index is -0.430. The molecule has 2 aromatic carbocycles. The molecule has 2 fully saturated rings. The van der Waals surface area contributed by atoms with Crippen LogP contribution in [-0.2, 0) is 19.1 Å². The number of carbonyl (C=O) groups is 3. The fourth-order valence-corrected chi connectivity index (χ4v) is 4.80. The second kappa shape index (κ2) is 10.6. The van der Waals surface area contributed by atoms with Crippen LogP contribution in [0.15, 0.2) is 66.7 Å². The average Bonchev–Trinajstić information content (AvgIpc) is 3.33. The minimum absolute atomic E-state index is 0.0642. The smallest absolute Gasteiger partial charge is 0.338 e. The van der Waals surface area contributed by atoms with Gasteiger partial charge in [0.1, 0.15) is 12.2 Å². The van der Waals surface area contributed by atoms with Gasteiger partial charge in [-0.2, -0.15) is 0 Å². The van der Waals surface area contributed by atoms with Crippen LogP contribution in [0.1, 0.15) is 55.8 Å². The summed E-state index contributed by atoms with van der Waals surface area (Å²) in [6.07, 6.45) is 6.95. The number of esters is 2. The van der Waals surface area contributed by atoms with Crippen molar-refractivity contribution in [1.29, 1.82) is 0 Å². The van der Waals surface area contributed by atoms with Gasteiger partial charge in [-0.15, -0.1) is 0 Å². The summed E-state index contributed by atoms with van der Waals surface area (Å²) in [5.41, 5.74) is 2.44. The second-order valence-electron chi connectivity index (χ2n) is 8.88. The maximum atomic E-state index is 13.0. The number of carbonyl (C=O) groups excluding carboxylic acids is 3. The van der Waals surface area contributed by atoms with Crippen LogP contribution in [0.3, 0.4) is 0 Å². The third-order valence-corrected chi connectivity index (χ3v) is 6.55. The molecule has 0 amide bonds. The first-order chi connectivity index (χ1) is 16.0. The Bertz CT molecular complexity index is 1030. The number of benzene rings is 2. The van der Waals surface area contributed by atoms with Crippen molar-refractivity contribution >= 4 is 17.7 Å². The van der Waals surface area contributed by atoms with E-state index in [0.717, 1.165) is 30.4 Å². The second-order valence-corrected chi connectivity index (χ2v) is 8.88. The lowest BCUT2D eigenvalue weighted by Crippen LogP contribution is -2.25. The summed E-state index contributed by atoms with van der Waals surface area (Å²) in [5, 5.41) is 0. The van der Waals surface area contributed by atoms with Crippen LogP contribution in [0.4, 0.5) is 0 Å². The van der Waals surface area contributed by atoms with Crippen molar-refractivity contribution in [3.05, 3.63) is 72.3 Å². The van der Waals surface area contributed by atoms with Crippen LogP contribution in [-0.4, -0.2) is 29.9 Å². The van der Waals surface area contributed by atoms with E-state index in [0.29, 0.717) is 24.8 Å². The zero-order chi connectivity index (χ0) is 23.2. The summed E-state index contributed by atoms with van der Waals surface area (Å²) in [4.78, 5) is 37.1. The van der Waals surface area contributed by atoms with Crippen LogP contribution in [0.5, 0.6) is 0 Å². The average molecular weight is 447 g/mol. The largest absolute Gasteiger partial charge is 0.462 e. The fraction of sp³-hybridized carbons (Fsp3) is 0.393. The topological polar surface area (TPSA) is 69.7 Å². The molecule has 4 atom stereocenters. The molecule has 0 unspecified atom stereocenters. The Morgan fingerprint density at radius 3 is 2.64 bits per heavy atom. The molecule has 2 aromatic rings.